The standard InChI is InChI=1S/C25H17N7O/c1-32-24(20-9-15(10-26)16-4-2-3-5-17(16)21(20)11-27)22(13-29-32)14-6-7-18-19(8-14)23(12-28)30-31-25(18)33/h2-9,13H,12,28H2,1H3,(H,31,33). The van der Waals surface area contributed by atoms with E-state index in [1.165, 1.54) is 0 Å². The molecule has 0 spiro atoms. The average Bonchev–Trinajstić information content (AvgIpc) is 3.24. The number of nitriles is 2. The highest BCUT2D eigenvalue weighted by molar-refractivity contribution is 6.00. The summed E-state index contributed by atoms with van der Waals surface area (Å²) in [7, 11) is 1.79. The first-order valence-electron chi connectivity index (χ1n) is 10.2. The van der Waals surface area contributed by atoms with Crippen LogP contribution in [0.25, 0.3) is 43.9 Å². The minimum absolute atomic E-state index is 0.172. The number of aryl methyl sites for hydroxylation is 1. The molecule has 3 aromatic carbocycles. The van der Waals surface area contributed by atoms with Crippen LogP contribution in [-0.4, -0.2) is 20.0 Å². The van der Waals surface area contributed by atoms with E-state index in [1.807, 2.05) is 36.4 Å². The van der Waals surface area contributed by atoms with Crippen LogP contribution in [0.1, 0.15) is 16.8 Å². The molecule has 3 N–H and O–H groups in total. The third-order valence-electron chi connectivity index (χ3n) is 5.84. The van der Waals surface area contributed by atoms with Crippen LogP contribution in [0.4, 0.5) is 0 Å². The van der Waals surface area contributed by atoms with E-state index in [1.54, 1.807) is 30.1 Å². The largest absolute Gasteiger partial charge is 0.325 e. The molecule has 0 saturated heterocycles. The van der Waals surface area contributed by atoms with Crippen molar-refractivity contribution in [2.45, 2.75) is 6.54 Å². The van der Waals surface area contributed by atoms with Crippen molar-refractivity contribution >= 4 is 21.5 Å². The number of nitrogens with two attached hydrogens (primary N) is 1. The smallest absolute Gasteiger partial charge is 0.272 e. The highest BCUT2D eigenvalue weighted by Gasteiger charge is 2.20. The van der Waals surface area contributed by atoms with Gasteiger partial charge in [0.05, 0.1) is 40.2 Å². The van der Waals surface area contributed by atoms with Gasteiger partial charge in [-0.15, -0.1) is 0 Å². The van der Waals surface area contributed by atoms with Gasteiger partial charge in [-0.1, -0.05) is 30.3 Å². The van der Waals surface area contributed by atoms with Crippen molar-refractivity contribution in [2.24, 2.45) is 12.8 Å². The molecule has 5 aromatic rings. The molecule has 8 nitrogen and oxygen atoms in total. The fourth-order valence-corrected chi connectivity index (χ4v) is 4.29. The van der Waals surface area contributed by atoms with Gasteiger partial charge in [0.2, 0.25) is 0 Å². The molecule has 0 unspecified atom stereocenters. The van der Waals surface area contributed by atoms with Crippen molar-refractivity contribution in [3.8, 4) is 34.5 Å². The van der Waals surface area contributed by atoms with Crippen LogP contribution in [0, 0.1) is 22.7 Å². The minimum atomic E-state index is -0.292. The van der Waals surface area contributed by atoms with E-state index in [4.69, 9.17) is 5.73 Å². The maximum atomic E-state index is 12.2. The topological polar surface area (TPSA) is 137 Å². The summed E-state index contributed by atoms with van der Waals surface area (Å²) in [4.78, 5) is 12.2. The molecule has 8 heteroatoms. The van der Waals surface area contributed by atoms with E-state index in [9.17, 15) is 15.3 Å². The Morgan fingerprint density at radius 1 is 1.00 bits per heavy atom. The molecule has 0 radical (unpaired) electrons. The monoisotopic (exact) mass is 431 g/mol. The Bertz CT molecular complexity index is 1710. The van der Waals surface area contributed by atoms with E-state index < -0.39 is 0 Å². The SMILES string of the molecule is Cn1ncc(-c2ccc3c(=O)[nH]nc(CN)c3c2)c1-c1cc(C#N)c2ccccc2c1C#N. The van der Waals surface area contributed by atoms with Crippen LogP contribution >= 0.6 is 0 Å². The molecule has 0 saturated carbocycles. The summed E-state index contributed by atoms with van der Waals surface area (Å²) in [6.07, 6.45) is 1.71. The highest BCUT2D eigenvalue weighted by Crippen LogP contribution is 2.38. The van der Waals surface area contributed by atoms with Gasteiger partial charge in [0, 0.05) is 40.9 Å². The number of H-pyrrole nitrogens is 1. The van der Waals surface area contributed by atoms with E-state index in [0.717, 1.165) is 16.5 Å². The molecule has 2 heterocycles. The van der Waals surface area contributed by atoms with Crippen molar-refractivity contribution in [3.05, 3.63) is 81.9 Å². The Hall–Kier alpha value is -4.79. The van der Waals surface area contributed by atoms with Crippen LogP contribution in [-0.2, 0) is 13.6 Å². The number of nitrogens with zero attached hydrogens (tertiary/aromatic N) is 5. The molecule has 158 valence electrons. The summed E-state index contributed by atoms with van der Waals surface area (Å²) in [5.74, 6) is 0. The summed E-state index contributed by atoms with van der Waals surface area (Å²) in [5.41, 5.74) is 9.93. The number of rotatable bonds is 3. The number of hydrogen-bond acceptors (Lipinski definition) is 6. The van der Waals surface area contributed by atoms with Gasteiger partial charge in [0.25, 0.3) is 5.56 Å². The fraction of sp³-hybridized carbons (Fsp3) is 0.0800. The Balaban J connectivity index is 1.83. The van der Waals surface area contributed by atoms with Gasteiger partial charge in [-0.3, -0.25) is 9.48 Å². The lowest BCUT2D eigenvalue weighted by atomic mass is 9.91. The fourth-order valence-electron chi connectivity index (χ4n) is 4.29. The Labute approximate surface area is 188 Å². The molecule has 0 atom stereocenters. The van der Waals surface area contributed by atoms with Crippen molar-refractivity contribution in [3.63, 3.8) is 0 Å². The van der Waals surface area contributed by atoms with Gasteiger partial charge >= 0.3 is 0 Å². The predicted octanol–water partition coefficient (Wildman–Crippen LogP) is 3.35. The molecule has 2 aromatic heterocycles. The first-order valence-corrected chi connectivity index (χ1v) is 10.2. The number of benzene rings is 3. The van der Waals surface area contributed by atoms with Crippen molar-refractivity contribution in [1.29, 1.82) is 10.5 Å². The molecule has 0 aliphatic carbocycles. The van der Waals surface area contributed by atoms with Crippen LogP contribution in [0.3, 0.4) is 0 Å². The number of aromatic nitrogens is 4. The second kappa shape index (κ2) is 7.72. The number of fused-ring (bicyclic) bond motifs is 2. The maximum Gasteiger partial charge on any atom is 0.272 e. The zero-order valence-corrected chi connectivity index (χ0v) is 17.6. The second-order valence-electron chi connectivity index (χ2n) is 7.61. The predicted molar refractivity (Wildman–Crippen MR) is 125 cm³/mol. The molecule has 5 rings (SSSR count). The van der Waals surface area contributed by atoms with Gasteiger partial charge in [0.1, 0.15) is 6.07 Å². The molecular weight excluding hydrogens is 414 g/mol. The second-order valence-corrected chi connectivity index (χ2v) is 7.61. The molecule has 0 amide bonds. The van der Waals surface area contributed by atoms with Gasteiger partial charge in [-0.05, 0) is 23.8 Å². The number of nitrogens with one attached hydrogen (secondary N) is 1. The van der Waals surface area contributed by atoms with Crippen LogP contribution in [0.2, 0.25) is 0 Å². The average molecular weight is 431 g/mol. The Morgan fingerprint density at radius 2 is 1.79 bits per heavy atom. The number of hydrogen-bond donors (Lipinski definition) is 2. The first-order chi connectivity index (χ1) is 16.1. The molecule has 0 fully saturated rings. The summed E-state index contributed by atoms with van der Waals surface area (Å²) in [6, 6.07) is 19.1. The lowest BCUT2D eigenvalue weighted by Crippen LogP contribution is -2.13. The zero-order valence-electron chi connectivity index (χ0n) is 17.6. The highest BCUT2D eigenvalue weighted by atomic mass is 16.1. The quantitative estimate of drug-likeness (QED) is 0.449. The third-order valence-corrected chi connectivity index (χ3v) is 5.84. The first kappa shape index (κ1) is 20.1. The normalized spacial score (nSPS) is 10.9. The Morgan fingerprint density at radius 3 is 2.52 bits per heavy atom. The van der Waals surface area contributed by atoms with Gasteiger partial charge in [-0.25, -0.2) is 5.10 Å². The molecule has 33 heavy (non-hydrogen) atoms. The maximum absolute atomic E-state index is 12.2. The molecule has 0 bridgehead atoms. The van der Waals surface area contributed by atoms with Gasteiger partial charge < -0.3 is 5.73 Å². The zero-order chi connectivity index (χ0) is 23.1. The van der Waals surface area contributed by atoms with E-state index in [2.05, 4.69) is 27.4 Å². The van der Waals surface area contributed by atoms with Crippen molar-refractivity contribution < 1.29 is 0 Å². The third kappa shape index (κ3) is 3.06. The van der Waals surface area contributed by atoms with Crippen molar-refractivity contribution in [2.75, 3.05) is 0 Å². The lowest BCUT2D eigenvalue weighted by molar-refractivity contribution is 0.776. The molecule has 0 aliphatic heterocycles. The van der Waals surface area contributed by atoms with E-state index in [-0.39, 0.29) is 12.1 Å². The van der Waals surface area contributed by atoms with Crippen molar-refractivity contribution in [1.82, 2.24) is 20.0 Å². The lowest BCUT2D eigenvalue weighted by Gasteiger charge is -2.13. The molecule has 0 aliphatic rings. The van der Waals surface area contributed by atoms with Gasteiger partial charge in [0.15, 0.2) is 0 Å². The van der Waals surface area contributed by atoms with E-state index in [0.29, 0.717) is 44.2 Å². The van der Waals surface area contributed by atoms with E-state index >= 15 is 0 Å². The molecular formula is C25H17N7O. The van der Waals surface area contributed by atoms with Crippen LogP contribution < -0.4 is 11.3 Å². The van der Waals surface area contributed by atoms with Crippen LogP contribution in [0.15, 0.2) is 59.5 Å². The number of aromatic amines is 1. The minimum Gasteiger partial charge on any atom is -0.325 e. The summed E-state index contributed by atoms with van der Waals surface area (Å²) < 4.78 is 1.69. The summed E-state index contributed by atoms with van der Waals surface area (Å²) in [5, 5.41) is 33.4. The summed E-state index contributed by atoms with van der Waals surface area (Å²) in [6.45, 7) is 0.172. The Kier molecular flexibility index (Phi) is 4.71. The van der Waals surface area contributed by atoms with Crippen LogP contribution in [0.5, 0.6) is 0 Å². The summed E-state index contributed by atoms with van der Waals surface area (Å²) >= 11 is 0. The van der Waals surface area contributed by atoms with Gasteiger partial charge in [-0.2, -0.15) is 20.7 Å².